The molecular weight excluding hydrogens is 502 g/mol. The summed E-state index contributed by atoms with van der Waals surface area (Å²) >= 11 is 6.16. The first kappa shape index (κ1) is 25.1. The van der Waals surface area contributed by atoms with E-state index in [-0.39, 0.29) is 11.3 Å². The number of halogens is 1. The molecule has 4 aromatic carbocycles. The Morgan fingerprint density at radius 3 is 2.26 bits per heavy atom. The molecule has 1 heterocycles. The predicted octanol–water partition coefficient (Wildman–Crippen LogP) is 7.08. The van der Waals surface area contributed by atoms with Gasteiger partial charge in [-0.2, -0.15) is 0 Å². The molecule has 1 aliphatic heterocycles. The normalized spacial score (nSPS) is 16.5. The van der Waals surface area contributed by atoms with E-state index in [1.807, 2.05) is 61.5 Å². The minimum atomic E-state index is -0.850. The van der Waals surface area contributed by atoms with Crippen LogP contribution in [0.5, 0.6) is 17.2 Å². The zero-order valence-corrected chi connectivity index (χ0v) is 21.5. The SMILES string of the molecule is COc1cc(/C(O)=C2/C(=O)C(=O)N(c3ccc(Oc4ccccc4)cc3)C2c2cccc(C)c2)ccc1Cl. The maximum atomic E-state index is 13.4. The highest BCUT2D eigenvalue weighted by atomic mass is 35.5. The highest BCUT2D eigenvalue weighted by molar-refractivity contribution is 6.51. The van der Waals surface area contributed by atoms with E-state index < -0.39 is 17.7 Å². The Kier molecular flexibility index (Phi) is 6.90. The molecule has 0 spiro atoms. The van der Waals surface area contributed by atoms with Gasteiger partial charge in [0.15, 0.2) is 0 Å². The monoisotopic (exact) mass is 525 g/mol. The van der Waals surface area contributed by atoms with Crippen molar-refractivity contribution in [2.75, 3.05) is 12.0 Å². The van der Waals surface area contributed by atoms with Gasteiger partial charge in [0.25, 0.3) is 11.7 Å². The lowest BCUT2D eigenvalue weighted by Crippen LogP contribution is -2.29. The number of amides is 1. The van der Waals surface area contributed by atoms with Crippen molar-refractivity contribution in [3.05, 3.63) is 124 Å². The molecule has 1 unspecified atom stereocenters. The van der Waals surface area contributed by atoms with Crippen molar-refractivity contribution in [3.63, 3.8) is 0 Å². The number of hydrogen-bond acceptors (Lipinski definition) is 5. The van der Waals surface area contributed by atoms with Gasteiger partial charge < -0.3 is 14.6 Å². The number of aryl methyl sites for hydroxylation is 1. The molecule has 1 N–H and O–H groups in total. The van der Waals surface area contributed by atoms with E-state index in [0.717, 1.165) is 5.56 Å². The van der Waals surface area contributed by atoms with Crippen LogP contribution in [0.2, 0.25) is 5.02 Å². The maximum absolute atomic E-state index is 13.4. The molecule has 0 aromatic heterocycles. The number of anilines is 1. The lowest BCUT2D eigenvalue weighted by atomic mass is 9.94. The van der Waals surface area contributed by atoms with E-state index in [9.17, 15) is 14.7 Å². The zero-order valence-electron chi connectivity index (χ0n) is 20.7. The van der Waals surface area contributed by atoms with Crippen LogP contribution in [0.25, 0.3) is 5.76 Å². The van der Waals surface area contributed by atoms with Gasteiger partial charge in [-0.3, -0.25) is 14.5 Å². The number of nitrogens with zero attached hydrogens (tertiary/aromatic N) is 1. The largest absolute Gasteiger partial charge is 0.507 e. The summed E-state index contributed by atoms with van der Waals surface area (Å²) in [4.78, 5) is 28.2. The highest BCUT2D eigenvalue weighted by Crippen LogP contribution is 2.43. The van der Waals surface area contributed by atoms with Gasteiger partial charge in [0, 0.05) is 11.3 Å². The molecule has 0 radical (unpaired) electrons. The van der Waals surface area contributed by atoms with Gasteiger partial charge in [-0.15, -0.1) is 0 Å². The third-order valence-electron chi connectivity index (χ3n) is 6.32. The first-order chi connectivity index (χ1) is 18.4. The fourth-order valence-corrected chi connectivity index (χ4v) is 4.71. The van der Waals surface area contributed by atoms with E-state index in [0.29, 0.717) is 39.1 Å². The van der Waals surface area contributed by atoms with Crippen LogP contribution in [-0.4, -0.2) is 23.9 Å². The molecule has 190 valence electrons. The van der Waals surface area contributed by atoms with E-state index in [1.54, 1.807) is 36.4 Å². The van der Waals surface area contributed by atoms with Crippen molar-refractivity contribution < 1.29 is 24.2 Å². The van der Waals surface area contributed by atoms with Gasteiger partial charge in [-0.05, 0) is 67.1 Å². The summed E-state index contributed by atoms with van der Waals surface area (Å²) in [5.41, 5.74) is 2.43. The number of rotatable bonds is 6. The molecule has 5 rings (SSSR count). The van der Waals surface area contributed by atoms with Gasteiger partial charge in [-0.1, -0.05) is 59.6 Å². The summed E-state index contributed by atoms with van der Waals surface area (Å²) in [7, 11) is 1.46. The first-order valence-electron chi connectivity index (χ1n) is 11.9. The average molecular weight is 526 g/mol. The van der Waals surface area contributed by atoms with Crippen molar-refractivity contribution in [2.45, 2.75) is 13.0 Å². The minimum Gasteiger partial charge on any atom is -0.507 e. The number of methoxy groups -OCH3 is 1. The molecule has 4 aromatic rings. The number of ketones is 1. The Morgan fingerprint density at radius 1 is 0.868 bits per heavy atom. The Labute approximate surface area is 225 Å². The number of hydrogen-bond donors (Lipinski definition) is 1. The smallest absolute Gasteiger partial charge is 0.300 e. The summed E-state index contributed by atoms with van der Waals surface area (Å²) in [5.74, 6) is -0.235. The second-order valence-electron chi connectivity index (χ2n) is 8.84. The quantitative estimate of drug-likeness (QED) is 0.165. The molecule has 7 heteroatoms. The topological polar surface area (TPSA) is 76.1 Å². The zero-order chi connectivity index (χ0) is 26.8. The average Bonchev–Trinajstić information content (AvgIpc) is 3.19. The lowest BCUT2D eigenvalue weighted by Gasteiger charge is -2.26. The molecule has 1 amide bonds. The number of carbonyl (C=O) groups excluding carboxylic acids is 2. The first-order valence-corrected chi connectivity index (χ1v) is 12.3. The minimum absolute atomic E-state index is 0.0189. The number of Topliss-reactive ketones (excluding diaryl/α,β-unsaturated/α-hetero) is 1. The fourth-order valence-electron chi connectivity index (χ4n) is 4.52. The number of aliphatic hydroxyl groups is 1. The van der Waals surface area contributed by atoms with Gasteiger partial charge in [-0.25, -0.2) is 0 Å². The molecule has 1 fully saturated rings. The van der Waals surface area contributed by atoms with Crippen molar-refractivity contribution in [3.8, 4) is 17.2 Å². The van der Waals surface area contributed by atoms with Crippen LogP contribution < -0.4 is 14.4 Å². The van der Waals surface area contributed by atoms with Crippen molar-refractivity contribution in [1.29, 1.82) is 0 Å². The van der Waals surface area contributed by atoms with E-state index in [4.69, 9.17) is 21.1 Å². The summed E-state index contributed by atoms with van der Waals surface area (Å²) < 4.78 is 11.2. The Balaban J connectivity index is 1.60. The van der Waals surface area contributed by atoms with Crippen LogP contribution >= 0.6 is 11.6 Å². The predicted molar refractivity (Wildman–Crippen MR) is 147 cm³/mol. The second kappa shape index (κ2) is 10.4. The molecule has 0 bridgehead atoms. The lowest BCUT2D eigenvalue weighted by molar-refractivity contribution is -0.132. The number of benzene rings is 4. The molecule has 38 heavy (non-hydrogen) atoms. The standard InChI is InChI=1S/C31H24ClNO5/c1-19-7-6-8-20(17-19)28-27(29(34)21-11-16-25(32)26(18-21)37-2)30(35)31(36)33(28)22-12-14-24(15-13-22)38-23-9-4-3-5-10-23/h3-18,28,34H,1-2H3/b29-27-. The highest BCUT2D eigenvalue weighted by Gasteiger charge is 2.47. The van der Waals surface area contributed by atoms with Crippen LogP contribution in [0.15, 0.2) is 103 Å². The number of carbonyl (C=O) groups is 2. The molecule has 1 atom stereocenters. The third kappa shape index (κ3) is 4.74. The second-order valence-corrected chi connectivity index (χ2v) is 9.25. The van der Waals surface area contributed by atoms with Crippen molar-refractivity contribution >= 4 is 34.7 Å². The van der Waals surface area contributed by atoms with E-state index in [2.05, 4.69) is 0 Å². The van der Waals surface area contributed by atoms with E-state index >= 15 is 0 Å². The summed E-state index contributed by atoms with van der Waals surface area (Å²) in [6.07, 6.45) is 0. The summed E-state index contributed by atoms with van der Waals surface area (Å²) in [6, 6.07) is 27.6. The molecular formula is C31H24ClNO5. The Morgan fingerprint density at radius 2 is 1.58 bits per heavy atom. The number of para-hydroxylation sites is 1. The molecule has 1 aliphatic rings. The summed E-state index contributed by atoms with van der Waals surface area (Å²) in [6.45, 7) is 1.93. The Hall–Kier alpha value is -4.55. The maximum Gasteiger partial charge on any atom is 0.300 e. The van der Waals surface area contributed by atoms with Crippen molar-refractivity contribution in [1.82, 2.24) is 0 Å². The molecule has 0 saturated carbocycles. The van der Waals surface area contributed by atoms with E-state index in [1.165, 1.54) is 18.1 Å². The van der Waals surface area contributed by atoms with Gasteiger partial charge in [0.05, 0.1) is 23.7 Å². The van der Waals surface area contributed by atoms with Crippen LogP contribution in [0.1, 0.15) is 22.7 Å². The van der Waals surface area contributed by atoms with Crippen LogP contribution in [0.4, 0.5) is 5.69 Å². The van der Waals surface area contributed by atoms with Crippen molar-refractivity contribution in [2.24, 2.45) is 0 Å². The fraction of sp³-hybridized carbons (Fsp3) is 0.0968. The van der Waals surface area contributed by atoms with Gasteiger partial charge in [0.2, 0.25) is 0 Å². The number of aliphatic hydroxyl groups excluding tert-OH is 1. The number of ether oxygens (including phenoxy) is 2. The molecule has 1 saturated heterocycles. The van der Waals surface area contributed by atoms with Gasteiger partial charge in [0.1, 0.15) is 23.0 Å². The Bertz CT molecular complexity index is 1550. The third-order valence-corrected chi connectivity index (χ3v) is 6.63. The van der Waals surface area contributed by atoms with Crippen LogP contribution in [0.3, 0.4) is 0 Å². The van der Waals surface area contributed by atoms with Gasteiger partial charge >= 0.3 is 0 Å². The van der Waals surface area contributed by atoms with Crippen LogP contribution in [0, 0.1) is 6.92 Å². The summed E-state index contributed by atoms with van der Waals surface area (Å²) in [5, 5.41) is 11.7. The molecule has 0 aliphatic carbocycles. The van der Waals surface area contributed by atoms with Crippen LogP contribution in [-0.2, 0) is 9.59 Å². The molecule has 6 nitrogen and oxygen atoms in total.